The van der Waals surface area contributed by atoms with Gasteiger partial charge in [0.15, 0.2) is 0 Å². The molecule has 0 amide bonds. The van der Waals surface area contributed by atoms with Gasteiger partial charge in [-0.2, -0.15) is 0 Å². The third kappa shape index (κ3) is 3.10. The third-order valence-corrected chi connectivity index (χ3v) is 5.09. The van der Waals surface area contributed by atoms with Crippen LogP contribution >= 0.6 is 39.0 Å². The predicted molar refractivity (Wildman–Crippen MR) is 76.1 cm³/mol. The fraction of sp³-hybridized carbons (Fsp3) is 0.167. The van der Waals surface area contributed by atoms with E-state index in [1.165, 1.54) is 9.77 Å². The number of thiophene rings is 1. The van der Waals surface area contributed by atoms with Crippen LogP contribution in [0, 0.1) is 0 Å². The first-order valence-corrected chi connectivity index (χ1v) is 7.50. The zero-order valence-corrected chi connectivity index (χ0v) is 11.8. The highest BCUT2D eigenvalue weighted by molar-refractivity contribution is 9.10. The molecule has 0 aliphatic rings. The summed E-state index contributed by atoms with van der Waals surface area (Å²) < 4.78 is 2.42. The minimum absolute atomic E-state index is 0.340. The van der Waals surface area contributed by atoms with Gasteiger partial charge < -0.3 is 5.73 Å². The molecule has 1 atom stereocenters. The molecule has 1 aromatic heterocycles. The maximum Gasteiger partial charge on any atom is 0.0604 e. The van der Waals surface area contributed by atoms with Crippen LogP contribution in [0.1, 0.15) is 10.8 Å². The van der Waals surface area contributed by atoms with Crippen LogP contribution < -0.4 is 5.73 Å². The van der Waals surface area contributed by atoms with Gasteiger partial charge in [-0.1, -0.05) is 34.1 Å². The van der Waals surface area contributed by atoms with E-state index in [4.69, 9.17) is 5.73 Å². The lowest BCUT2D eigenvalue weighted by Gasteiger charge is -2.13. The molecule has 2 aromatic rings. The summed E-state index contributed by atoms with van der Waals surface area (Å²) >= 11 is 7.04. The van der Waals surface area contributed by atoms with E-state index in [0.29, 0.717) is 11.8 Å². The van der Waals surface area contributed by atoms with Crippen molar-refractivity contribution in [3.63, 3.8) is 0 Å². The van der Waals surface area contributed by atoms with Gasteiger partial charge in [-0.05, 0) is 29.1 Å². The van der Waals surface area contributed by atoms with E-state index in [1.54, 1.807) is 11.3 Å². The van der Waals surface area contributed by atoms with Crippen molar-refractivity contribution < 1.29 is 0 Å². The second-order valence-electron chi connectivity index (χ2n) is 3.33. The molecule has 1 nitrogen and oxygen atoms in total. The summed E-state index contributed by atoms with van der Waals surface area (Å²) in [4.78, 5) is 0. The third-order valence-electron chi connectivity index (χ3n) is 2.21. The molecule has 2 rings (SSSR count). The molecule has 1 heterocycles. The van der Waals surface area contributed by atoms with Gasteiger partial charge in [0.25, 0.3) is 0 Å². The number of hydrogen-bond acceptors (Lipinski definition) is 3. The van der Waals surface area contributed by atoms with Crippen LogP contribution in [-0.4, -0.2) is 6.54 Å². The molecule has 0 fully saturated rings. The molecule has 84 valence electrons. The first kappa shape index (κ1) is 12.2. The molecule has 0 saturated carbocycles. The molecule has 0 saturated heterocycles. The second kappa shape index (κ2) is 5.87. The van der Waals surface area contributed by atoms with Crippen molar-refractivity contribution in [1.29, 1.82) is 0 Å². The van der Waals surface area contributed by atoms with Gasteiger partial charge in [0.05, 0.1) is 4.21 Å². The van der Waals surface area contributed by atoms with Crippen molar-refractivity contribution in [3.05, 3.63) is 51.8 Å². The summed E-state index contributed by atoms with van der Waals surface area (Å²) in [6.45, 7) is 0.657. The van der Waals surface area contributed by atoms with Gasteiger partial charge in [-0.15, -0.1) is 23.1 Å². The van der Waals surface area contributed by atoms with Crippen molar-refractivity contribution in [1.82, 2.24) is 0 Å². The summed E-state index contributed by atoms with van der Waals surface area (Å²) in [6, 6.07) is 12.6. The number of halogens is 1. The summed E-state index contributed by atoms with van der Waals surface area (Å²) in [6.07, 6.45) is 0. The Morgan fingerprint density at radius 2 is 2.00 bits per heavy atom. The smallest absolute Gasteiger partial charge is 0.0604 e. The maximum atomic E-state index is 5.83. The minimum atomic E-state index is 0.340. The molecule has 1 aromatic carbocycles. The lowest BCUT2D eigenvalue weighted by Crippen LogP contribution is -2.08. The van der Waals surface area contributed by atoms with E-state index in [0.717, 1.165) is 4.47 Å². The van der Waals surface area contributed by atoms with Gasteiger partial charge in [0, 0.05) is 16.3 Å². The molecule has 2 N–H and O–H groups in total. The minimum Gasteiger partial charge on any atom is -0.329 e. The van der Waals surface area contributed by atoms with E-state index in [1.807, 2.05) is 11.8 Å². The van der Waals surface area contributed by atoms with E-state index in [2.05, 4.69) is 57.7 Å². The standard InChI is InChI=1S/C12H12BrNS2/c13-10-5-3-9(4-6-10)11(8-14)16-12-2-1-7-15-12/h1-7,11H,8,14H2. The van der Waals surface area contributed by atoms with E-state index in [-0.39, 0.29) is 0 Å². The average molecular weight is 314 g/mol. The summed E-state index contributed by atoms with van der Waals surface area (Å²) in [5, 5.41) is 2.43. The van der Waals surface area contributed by atoms with Crippen molar-refractivity contribution in [2.24, 2.45) is 5.73 Å². The predicted octanol–water partition coefficient (Wildman–Crippen LogP) is 4.30. The Bertz CT molecular complexity index is 425. The van der Waals surface area contributed by atoms with Crippen molar-refractivity contribution in [3.8, 4) is 0 Å². The molecular weight excluding hydrogens is 302 g/mol. The van der Waals surface area contributed by atoms with E-state index in [9.17, 15) is 0 Å². The number of nitrogens with two attached hydrogens (primary N) is 1. The Labute approximate surface area is 112 Å². The second-order valence-corrected chi connectivity index (χ2v) is 6.69. The monoisotopic (exact) mass is 313 g/mol. The van der Waals surface area contributed by atoms with Crippen molar-refractivity contribution in [2.75, 3.05) is 6.54 Å². The van der Waals surface area contributed by atoms with Crippen LogP contribution in [0.3, 0.4) is 0 Å². The highest BCUT2D eigenvalue weighted by Crippen LogP contribution is 2.37. The zero-order valence-electron chi connectivity index (χ0n) is 8.60. The average Bonchev–Trinajstić information content (AvgIpc) is 2.80. The van der Waals surface area contributed by atoms with Crippen LogP contribution in [0.2, 0.25) is 0 Å². The molecule has 1 unspecified atom stereocenters. The number of thioether (sulfide) groups is 1. The fourth-order valence-corrected chi connectivity index (χ4v) is 3.68. The Kier molecular flexibility index (Phi) is 4.46. The first-order chi connectivity index (χ1) is 7.79. The molecule has 16 heavy (non-hydrogen) atoms. The van der Waals surface area contributed by atoms with Crippen LogP contribution in [0.4, 0.5) is 0 Å². The van der Waals surface area contributed by atoms with Crippen LogP contribution in [0.15, 0.2) is 50.5 Å². The first-order valence-electron chi connectivity index (χ1n) is 4.95. The highest BCUT2D eigenvalue weighted by atomic mass is 79.9. The number of hydrogen-bond donors (Lipinski definition) is 1. The normalized spacial score (nSPS) is 12.6. The molecule has 0 bridgehead atoms. The highest BCUT2D eigenvalue weighted by Gasteiger charge is 2.11. The number of rotatable bonds is 4. The van der Waals surface area contributed by atoms with Gasteiger partial charge in [0.2, 0.25) is 0 Å². The largest absolute Gasteiger partial charge is 0.329 e. The molecule has 0 aliphatic carbocycles. The zero-order chi connectivity index (χ0) is 11.4. The van der Waals surface area contributed by atoms with Gasteiger partial charge in [0.1, 0.15) is 0 Å². The Hall–Kier alpha value is -0.290. The van der Waals surface area contributed by atoms with Crippen LogP contribution in [-0.2, 0) is 0 Å². The summed E-state index contributed by atoms with van der Waals surface area (Å²) in [7, 11) is 0. The molecule has 0 spiro atoms. The van der Waals surface area contributed by atoms with E-state index >= 15 is 0 Å². The topological polar surface area (TPSA) is 26.0 Å². The quantitative estimate of drug-likeness (QED) is 0.851. The van der Waals surface area contributed by atoms with Gasteiger partial charge in [-0.3, -0.25) is 0 Å². The number of benzene rings is 1. The molecule has 0 radical (unpaired) electrons. The Balaban J connectivity index is 2.13. The lowest BCUT2D eigenvalue weighted by atomic mass is 10.1. The van der Waals surface area contributed by atoms with Crippen molar-refractivity contribution >= 4 is 39.0 Å². The summed E-state index contributed by atoms with van der Waals surface area (Å²) in [5.74, 6) is 0. The Morgan fingerprint density at radius 3 is 2.56 bits per heavy atom. The molecular formula is C12H12BrNS2. The van der Waals surface area contributed by atoms with Gasteiger partial charge in [-0.25, -0.2) is 0 Å². The SMILES string of the molecule is NCC(Sc1cccs1)c1ccc(Br)cc1. The summed E-state index contributed by atoms with van der Waals surface area (Å²) in [5.41, 5.74) is 7.11. The molecule has 0 aliphatic heterocycles. The molecule has 4 heteroatoms. The van der Waals surface area contributed by atoms with E-state index < -0.39 is 0 Å². The fourth-order valence-electron chi connectivity index (χ4n) is 1.40. The van der Waals surface area contributed by atoms with Crippen LogP contribution in [0.5, 0.6) is 0 Å². The van der Waals surface area contributed by atoms with Crippen LogP contribution in [0.25, 0.3) is 0 Å². The lowest BCUT2D eigenvalue weighted by molar-refractivity contribution is 0.942. The maximum absolute atomic E-state index is 5.83. The van der Waals surface area contributed by atoms with Crippen molar-refractivity contribution in [2.45, 2.75) is 9.46 Å². The Morgan fingerprint density at radius 1 is 1.25 bits per heavy atom. The van der Waals surface area contributed by atoms with Gasteiger partial charge >= 0.3 is 0 Å².